The van der Waals surface area contributed by atoms with Gasteiger partial charge in [-0.1, -0.05) is 38.8 Å². The smallest absolute Gasteiger partial charge is 0.0954 e. The molecule has 0 radical (unpaired) electrons. The lowest BCUT2D eigenvalue weighted by atomic mass is 9.88. The first kappa shape index (κ1) is 14.0. The number of nitrogens with zero attached hydrogens (tertiary/aromatic N) is 1. The number of rotatable bonds is 5. The third kappa shape index (κ3) is 2.89. The van der Waals surface area contributed by atoms with E-state index in [9.17, 15) is 0 Å². The van der Waals surface area contributed by atoms with Gasteiger partial charge in [-0.2, -0.15) is 0 Å². The van der Waals surface area contributed by atoms with Crippen LogP contribution in [0.2, 0.25) is 0 Å². The van der Waals surface area contributed by atoms with E-state index in [1.54, 1.807) is 0 Å². The lowest BCUT2D eigenvalue weighted by Gasteiger charge is -2.27. The number of likely N-dealkylation sites (N-methyl/N-ethyl adjacent to an activating group) is 1. The van der Waals surface area contributed by atoms with Gasteiger partial charge in [0.15, 0.2) is 0 Å². The molecule has 1 heterocycles. The molecule has 3 heteroatoms. The van der Waals surface area contributed by atoms with Crippen molar-refractivity contribution in [1.29, 1.82) is 0 Å². The van der Waals surface area contributed by atoms with Crippen molar-refractivity contribution in [3.8, 4) is 0 Å². The number of aromatic nitrogens is 1. The molecule has 20 heavy (non-hydrogen) atoms. The standard InChI is InChI=1S/C17H24N2S/c1-3-18-15(13-8-6-7-12(13)2)11-17-19-14-9-4-5-10-16(14)20-17/h4-5,9-10,12-13,15,18H,3,6-8,11H2,1-2H3. The molecule has 3 atom stereocenters. The van der Waals surface area contributed by atoms with Crippen molar-refractivity contribution >= 4 is 21.6 Å². The van der Waals surface area contributed by atoms with Crippen LogP contribution in [0.25, 0.3) is 10.2 Å². The molecule has 0 saturated heterocycles. The molecule has 3 unspecified atom stereocenters. The summed E-state index contributed by atoms with van der Waals surface area (Å²) in [6.07, 6.45) is 5.26. The van der Waals surface area contributed by atoms with Gasteiger partial charge in [0.25, 0.3) is 0 Å². The summed E-state index contributed by atoms with van der Waals surface area (Å²) in [5.74, 6) is 1.68. The second-order valence-electron chi connectivity index (χ2n) is 6.02. The first-order valence-corrected chi connectivity index (χ1v) is 8.67. The molecule has 0 amide bonds. The molecule has 1 fully saturated rings. The zero-order valence-corrected chi connectivity index (χ0v) is 13.2. The summed E-state index contributed by atoms with van der Waals surface area (Å²) in [4.78, 5) is 4.81. The summed E-state index contributed by atoms with van der Waals surface area (Å²) < 4.78 is 1.32. The quantitative estimate of drug-likeness (QED) is 0.889. The van der Waals surface area contributed by atoms with E-state index in [1.807, 2.05) is 11.3 Å². The van der Waals surface area contributed by atoms with E-state index in [0.717, 1.165) is 30.3 Å². The Kier molecular flexibility index (Phi) is 4.37. The number of benzene rings is 1. The van der Waals surface area contributed by atoms with Gasteiger partial charge in [-0.25, -0.2) is 4.98 Å². The number of nitrogens with one attached hydrogen (secondary N) is 1. The van der Waals surface area contributed by atoms with Gasteiger partial charge in [0.2, 0.25) is 0 Å². The van der Waals surface area contributed by atoms with E-state index in [0.29, 0.717) is 6.04 Å². The summed E-state index contributed by atoms with van der Waals surface area (Å²) in [7, 11) is 0. The first-order chi connectivity index (χ1) is 9.78. The van der Waals surface area contributed by atoms with Crippen molar-refractivity contribution in [2.24, 2.45) is 11.8 Å². The molecular weight excluding hydrogens is 264 g/mol. The molecular formula is C17H24N2S. The Labute approximate surface area is 125 Å². The highest BCUT2D eigenvalue weighted by Gasteiger charge is 2.31. The number of hydrogen-bond acceptors (Lipinski definition) is 3. The molecule has 2 aromatic rings. The van der Waals surface area contributed by atoms with E-state index < -0.39 is 0 Å². The Bertz CT molecular complexity index is 530. The van der Waals surface area contributed by atoms with Gasteiger partial charge in [0, 0.05) is 12.5 Å². The topological polar surface area (TPSA) is 24.9 Å². The van der Waals surface area contributed by atoms with Crippen molar-refractivity contribution < 1.29 is 0 Å². The number of thiazole rings is 1. The van der Waals surface area contributed by atoms with Crippen LogP contribution in [0.1, 0.15) is 38.1 Å². The molecule has 0 spiro atoms. The molecule has 1 aliphatic carbocycles. The number of para-hydroxylation sites is 1. The van der Waals surface area contributed by atoms with Crippen LogP contribution in [0.15, 0.2) is 24.3 Å². The Morgan fingerprint density at radius 3 is 2.90 bits per heavy atom. The number of fused-ring (bicyclic) bond motifs is 1. The summed E-state index contributed by atoms with van der Waals surface area (Å²) in [6, 6.07) is 9.07. The van der Waals surface area contributed by atoms with Crippen molar-refractivity contribution in [1.82, 2.24) is 10.3 Å². The van der Waals surface area contributed by atoms with Gasteiger partial charge in [0.05, 0.1) is 15.2 Å². The minimum Gasteiger partial charge on any atom is -0.314 e. The maximum atomic E-state index is 4.81. The SMILES string of the molecule is CCNC(Cc1nc2ccccc2s1)C1CCCC1C. The van der Waals surface area contributed by atoms with Crippen molar-refractivity contribution in [2.75, 3.05) is 6.54 Å². The molecule has 1 aliphatic rings. The Morgan fingerprint density at radius 1 is 1.35 bits per heavy atom. The molecule has 3 rings (SSSR count). The zero-order valence-electron chi connectivity index (χ0n) is 12.4. The van der Waals surface area contributed by atoms with E-state index in [-0.39, 0.29) is 0 Å². The molecule has 0 aliphatic heterocycles. The second kappa shape index (κ2) is 6.23. The third-order valence-corrected chi connectivity index (χ3v) is 5.70. The van der Waals surface area contributed by atoms with Crippen molar-refractivity contribution in [2.45, 2.75) is 45.6 Å². The lowest BCUT2D eigenvalue weighted by molar-refractivity contribution is 0.298. The molecule has 2 nitrogen and oxygen atoms in total. The summed E-state index contributed by atoms with van der Waals surface area (Å²) in [5.41, 5.74) is 1.15. The van der Waals surface area contributed by atoms with Gasteiger partial charge in [-0.15, -0.1) is 11.3 Å². The van der Waals surface area contributed by atoms with Crippen LogP contribution < -0.4 is 5.32 Å². The van der Waals surface area contributed by atoms with Gasteiger partial charge in [-0.3, -0.25) is 0 Å². The summed E-state index contributed by atoms with van der Waals surface area (Å²) in [5, 5.41) is 5.00. The average Bonchev–Trinajstić information content (AvgIpc) is 3.03. The molecule has 1 N–H and O–H groups in total. The van der Waals surface area contributed by atoms with Gasteiger partial charge in [-0.05, 0) is 36.9 Å². The fraction of sp³-hybridized carbons (Fsp3) is 0.588. The summed E-state index contributed by atoms with van der Waals surface area (Å²) >= 11 is 1.86. The van der Waals surface area contributed by atoms with Crippen LogP contribution in [0.5, 0.6) is 0 Å². The molecule has 108 valence electrons. The van der Waals surface area contributed by atoms with E-state index >= 15 is 0 Å². The van der Waals surface area contributed by atoms with Crippen LogP contribution in [-0.2, 0) is 6.42 Å². The van der Waals surface area contributed by atoms with E-state index in [4.69, 9.17) is 4.98 Å². The lowest BCUT2D eigenvalue weighted by Crippen LogP contribution is -2.39. The van der Waals surface area contributed by atoms with Crippen LogP contribution in [0.3, 0.4) is 0 Å². The van der Waals surface area contributed by atoms with Crippen LogP contribution in [-0.4, -0.2) is 17.6 Å². The molecule has 1 aromatic heterocycles. The third-order valence-electron chi connectivity index (χ3n) is 4.64. The minimum atomic E-state index is 0.595. The molecule has 0 bridgehead atoms. The van der Waals surface area contributed by atoms with Crippen molar-refractivity contribution in [3.63, 3.8) is 0 Å². The Morgan fingerprint density at radius 2 is 2.20 bits per heavy atom. The fourth-order valence-electron chi connectivity index (χ4n) is 3.60. The van der Waals surface area contributed by atoms with E-state index in [2.05, 4.69) is 43.4 Å². The Balaban J connectivity index is 1.78. The normalized spacial score (nSPS) is 24.3. The first-order valence-electron chi connectivity index (χ1n) is 7.85. The minimum absolute atomic E-state index is 0.595. The highest BCUT2D eigenvalue weighted by atomic mass is 32.1. The highest BCUT2D eigenvalue weighted by molar-refractivity contribution is 7.18. The predicted octanol–water partition coefficient (Wildman–Crippen LogP) is 4.25. The van der Waals surface area contributed by atoms with E-state index in [1.165, 1.54) is 29.0 Å². The second-order valence-corrected chi connectivity index (χ2v) is 7.13. The van der Waals surface area contributed by atoms with Crippen LogP contribution >= 0.6 is 11.3 Å². The van der Waals surface area contributed by atoms with Crippen LogP contribution in [0, 0.1) is 11.8 Å². The monoisotopic (exact) mass is 288 g/mol. The predicted molar refractivity (Wildman–Crippen MR) is 87.3 cm³/mol. The van der Waals surface area contributed by atoms with Gasteiger partial charge >= 0.3 is 0 Å². The van der Waals surface area contributed by atoms with Gasteiger partial charge in [0.1, 0.15) is 0 Å². The largest absolute Gasteiger partial charge is 0.314 e. The zero-order chi connectivity index (χ0) is 13.9. The maximum Gasteiger partial charge on any atom is 0.0954 e. The summed E-state index contributed by atoms with van der Waals surface area (Å²) in [6.45, 7) is 5.68. The maximum absolute atomic E-state index is 4.81. The average molecular weight is 288 g/mol. The van der Waals surface area contributed by atoms with Crippen LogP contribution in [0.4, 0.5) is 0 Å². The van der Waals surface area contributed by atoms with Crippen molar-refractivity contribution in [3.05, 3.63) is 29.3 Å². The fourth-order valence-corrected chi connectivity index (χ4v) is 4.63. The number of hydrogen-bond donors (Lipinski definition) is 1. The molecule has 1 saturated carbocycles. The Hall–Kier alpha value is -0.930. The molecule has 1 aromatic carbocycles. The highest BCUT2D eigenvalue weighted by Crippen LogP contribution is 2.35. The van der Waals surface area contributed by atoms with Gasteiger partial charge < -0.3 is 5.32 Å².